The molecule has 0 unspecified atom stereocenters. The molecule has 0 bridgehead atoms. The molecule has 0 saturated carbocycles. The number of nitrogens with one attached hydrogen (secondary N) is 1. The molecule has 0 atom stereocenters. The van der Waals surface area contributed by atoms with Crippen molar-refractivity contribution in [3.8, 4) is 0 Å². The molecule has 64 valence electrons. The lowest BCUT2D eigenvalue weighted by Crippen LogP contribution is -1.92. The van der Waals surface area contributed by atoms with Crippen molar-refractivity contribution in [2.75, 3.05) is 0 Å². The molecule has 0 radical (unpaired) electrons. The minimum atomic E-state index is 0.346. The van der Waals surface area contributed by atoms with Crippen LogP contribution in [0.25, 0.3) is 0 Å². The van der Waals surface area contributed by atoms with Crippen molar-refractivity contribution in [1.82, 2.24) is 0 Å². The molecule has 0 fully saturated rings. The molecule has 0 spiro atoms. The standard InChI is InChI=1S/C10H14N2/c1-4-7-12-8-9(5-2)10(11)6-3/h5-8,11H,2-4H2,1H3/b9-8-,11-10?,12-7?. The summed E-state index contributed by atoms with van der Waals surface area (Å²) in [4.78, 5) is 3.98. The first-order valence-electron chi connectivity index (χ1n) is 3.81. The average molecular weight is 162 g/mol. The van der Waals surface area contributed by atoms with Gasteiger partial charge in [0.15, 0.2) is 0 Å². The van der Waals surface area contributed by atoms with E-state index in [0.29, 0.717) is 11.3 Å². The highest BCUT2D eigenvalue weighted by molar-refractivity contribution is 6.07. The van der Waals surface area contributed by atoms with Crippen LogP contribution in [-0.2, 0) is 0 Å². The van der Waals surface area contributed by atoms with E-state index in [-0.39, 0.29) is 0 Å². The summed E-state index contributed by atoms with van der Waals surface area (Å²) in [7, 11) is 0. The molecule has 1 N–H and O–H groups in total. The van der Waals surface area contributed by atoms with Crippen molar-refractivity contribution >= 4 is 11.9 Å². The minimum absolute atomic E-state index is 0.346. The van der Waals surface area contributed by atoms with Crippen LogP contribution in [-0.4, -0.2) is 11.9 Å². The van der Waals surface area contributed by atoms with E-state index in [2.05, 4.69) is 18.2 Å². The van der Waals surface area contributed by atoms with Gasteiger partial charge in [0.1, 0.15) is 0 Å². The second kappa shape index (κ2) is 6.28. The second-order valence-electron chi connectivity index (χ2n) is 2.15. The second-order valence-corrected chi connectivity index (χ2v) is 2.15. The predicted molar refractivity (Wildman–Crippen MR) is 55.0 cm³/mol. The van der Waals surface area contributed by atoms with E-state index in [0.717, 1.165) is 6.42 Å². The summed E-state index contributed by atoms with van der Waals surface area (Å²) in [6.45, 7) is 9.07. The molecule has 0 aliphatic rings. The summed E-state index contributed by atoms with van der Waals surface area (Å²) in [5.41, 5.74) is 1.04. The van der Waals surface area contributed by atoms with Crippen LogP contribution in [0.1, 0.15) is 13.3 Å². The van der Waals surface area contributed by atoms with Gasteiger partial charge >= 0.3 is 0 Å². The Kier molecular flexibility index (Phi) is 5.53. The topological polar surface area (TPSA) is 36.2 Å². The SMILES string of the molecule is C=CC(=N)/C(C=C)=C\N=CCC. The van der Waals surface area contributed by atoms with Gasteiger partial charge in [-0.1, -0.05) is 26.2 Å². The molecule has 0 aliphatic heterocycles. The molecular weight excluding hydrogens is 148 g/mol. The monoisotopic (exact) mass is 162 g/mol. The molecule has 0 aliphatic carbocycles. The zero-order chi connectivity index (χ0) is 9.40. The molecule has 2 heteroatoms. The Morgan fingerprint density at radius 3 is 2.50 bits per heavy atom. The number of nitrogens with zero attached hydrogens (tertiary/aromatic N) is 1. The van der Waals surface area contributed by atoms with E-state index in [1.54, 1.807) is 18.5 Å². The molecule has 0 heterocycles. The first-order chi connectivity index (χ1) is 5.76. The quantitative estimate of drug-likeness (QED) is 0.476. The van der Waals surface area contributed by atoms with Crippen molar-refractivity contribution in [2.45, 2.75) is 13.3 Å². The highest BCUT2D eigenvalue weighted by atomic mass is 14.7. The molecule has 2 nitrogen and oxygen atoms in total. The summed E-state index contributed by atoms with van der Waals surface area (Å²) in [6.07, 6.45) is 7.34. The van der Waals surface area contributed by atoms with E-state index in [1.165, 1.54) is 6.08 Å². The van der Waals surface area contributed by atoms with Gasteiger partial charge in [-0.2, -0.15) is 0 Å². The van der Waals surface area contributed by atoms with Crippen LogP contribution in [0, 0.1) is 5.41 Å². The highest BCUT2D eigenvalue weighted by Gasteiger charge is 1.93. The van der Waals surface area contributed by atoms with Crippen LogP contribution in [0.2, 0.25) is 0 Å². The third-order valence-corrected chi connectivity index (χ3v) is 1.24. The van der Waals surface area contributed by atoms with Gasteiger partial charge in [0.05, 0.1) is 5.71 Å². The Morgan fingerprint density at radius 1 is 1.42 bits per heavy atom. The predicted octanol–water partition coefficient (Wildman–Crippen LogP) is 2.74. The van der Waals surface area contributed by atoms with Crippen LogP contribution in [0.15, 0.2) is 42.1 Å². The zero-order valence-electron chi connectivity index (χ0n) is 7.38. The number of hydrogen-bond acceptors (Lipinski definition) is 2. The van der Waals surface area contributed by atoms with Gasteiger partial charge in [-0.15, -0.1) is 0 Å². The van der Waals surface area contributed by atoms with E-state index in [4.69, 9.17) is 5.41 Å². The third-order valence-electron chi connectivity index (χ3n) is 1.24. The van der Waals surface area contributed by atoms with Gasteiger partial charge in [-0.3, -0.25) is 4.99 Å². The van der Waals surface area contributed by atoms with Crippen LogP contribution in [0.4, 0.5) is 0 Å². The minimum Gasteiger partial charge on any atom is -0.300 e. The zero-order valence-corrected chi connectivity index (χ0v) is 7.38. The maximum absolute atomic E-state index is 7.40. The Hall–Kier alpha value is -1.44. The summed E-state index contributed by atoms with van der Waals surface area (Å²) in [5.74, 6) is 0. The fourth-order valence-corrected chi connectivity index (χ4v) is 0.588. The highest BCUT2D eigenvalue weighted by Crippen LogP contribution is 1.99. The van der Waals surface area contributed by atoms with Gasteiger partial charge in [0.25, 0.3) is 0 Å². The molecule has 12 heavy (non-hydrogen) atoms. The molecule has 0 aromatic rings. The van der Waals surface area contributed by atoms with Crippen LogP contribution in [0.5, 0.6) is 0 Å². The van der Waals surface area contributed by atoms with Crippen LogP contribution in [0.3, 0.4) is 0 Å². The number of allylic oxidation sites excluding steroid dienone is 3. The van der Waals surface area contributed by atoms with E-state index >= 15 is 0 Å². The lowest BCUT2D eigenvalue weighted by atomic mass is 10.2. The molecule has 0 saturated heterocycles. The van der Waals surface area contributed by atoms with Gasteiger partial charge in [-0.05, 0) is 12.5 Å². The Balaban J connectivity index is 4.43. The first kappa shape index (κ1) is 10.6. The maximum atomic E-state index is 7.40. The fraction of sp³-hybridized carbons (Fsp3) is 0.200. The smallest absolute Gasteiger partial charge is 0.0621 e. The van der Waals surface area contributed by atoms with Crippen molar-refractivity contribution in [1.29, 1.82) is 5.41 Å². The molecule has 0 rings (SSSR count). The number of rotatable bonds is 5. The lowest BCUT2D eigenvalue weighted by Gasteiger charge is -1.94. The summed E-state index contributed by atoms with van der Waals surface area (Å²) >= 11 is 0. The van der Waals surface area contributed by atoms with Crippen LogP contribution < -0.4 is 0 Å². The lowest BCUT2D eigenvalue weighted by molar-refractivity contribution is 1.31. The van der Waals surface area contributed by atoms with Gasteiger partial charge < -0.3 is 5.41 Å². The van der Waals surface area contributed by atoms with E-state index in [1.807, 2.05) is 6.92 Å². The fourth-order valence-electron chi connectivity index (χ4n) is 0.588. The Bertz CT molecular complexity index is 234. The molecule has 0 amide bonds. The summed E-state index contributed by atoms with van der Waals surface area (Å²) < 4.78 is 0. The molecule has 0 aromatic carbocycles. The van der Waals surface area contributed by atoms with E-state index in [9.17, 15) is 0 Å². The average Bonchev–Trinajstić information content (AvgIpc) is 2.11. The van der Waals surface area contributed by atoms with Gasteiger partial charge in [0.2, 0.25) is 0 Å². The van der Waals surface area contributed by atoms with E-state index < -0.39 is 0 Å². The number of aliphatic imine (C=N–C) groups is 1. The van der Waals surface area contributed by atoms with Crippen molar-refractivity contribution in [2.24, 2.45) is 4.99 Å². The van der Waals surface area contributed by atoms with Crippen LogP contribution >= 0.6 is 0 Å². The molecule has 0 aromatic heterocycles. The Morgan fingerprint density at radius 2 is 2.08 bits per heavy atom. The number of hydrogen-bond donors (Lipinski definition) is 1. The maximum Gasteiger partial charge on any atom is 0.0621 e. The molecular formula is C10H14N2. The van der Waals surface area contributed by atoms with Gasteiger partial charge in [-0.25, -0.2) is 0 Å². The largest absolute Gasteiger partial charge is 0.300 e. The summed E-state index contributed by atoms with van der Waals surface area (Å²) in [5, 5.41) is 7.40. The van der Waals surface area contributed by atoms with Crippen molar-refractivity contribution < 1.29 is 0 Å². The normalized spacial score (nSPS) is 11.6. The summed E-state index contributed by atoms with van der Waals surface area (Å²) in [6, 6.07) is 0. The Labute approximate surface area is 73.5 Å². The van der Waals surface area contributed by atoms with Crippen molar-refractivity contribution in [3.63, 3.8) is 0 Å². The van der Waals surface area contributed by atoms with Crippen molar-refractivity contribution in [3.05, 3.63) is 37.1 Å². The first-order valence-corrected chi connectivity index (χ1v) is 3.81. The van der Waals surface area contributed by atoms with Gasteiger partial charge in [0, 0.05) is 18.0 Å². The third kappa shape index (κ3) is 3.66.